The Morgan fingerprint density at radius 3 is 2.52 bits per heavy atom. The van der Waals surface area contributed by atoms with Crippen LogP contribution in [0.3, 0.4) is 0 Å². The number of carbonyl (C=O) groups excluding carboxylic acids is 1. The molecule has 29 heavy (non-hydrogen) atoms. The van der Waals surface area contributed by atoms with Gasteiger partial charge in [0.2, 0.25) is 11.6 Å². The minimum Gasteiger partial charge on any atom is -0.538 e. The Kier molecular flexibility index (Phi) is 6.96. The lowest BCUT2D eigenvalue weighted by Crippen LogP contribution is -2.34. The van der Waals surface area contributed by atoms with E-state index in [4.69, 9.17) is 14.0 Å². The van der Waals surface area contributed by atoms with Crippen LogP contribution in [0.25, 0.3) is 5.69 Å². The fourth-order valence-electron chi connectivity index (χ4n) is 2.51. The predicted molar refractivity (Wildman–Crippen MR) is 106 cm³/mol. The fourth-order valence-corrected chi connectivity index (χ4v) is 3.41. The van der Waals surface area contributed by atoms with Crippen LogP contribution < -0.4 is 24.6 Å². The highest BCUT2D eigenvalue weighted by Crippen LogP contribution is 2.24. The predicted octanol–water partition coefficient (Wildman–Crippen LogP) is 2.55. The van der Waals surface area contributed by atoms with Gasteiger partial charge < -0.3 is 24.4 Å². The number of nitrogens with one attached hydrogen (secondary N) is 1. The molecule has 3 rings (SSSR count). The molecule has 1 amide bonds. The molecule has 0 aliphatic carbocycles. The first kappa shape index (κ1) is 20.5. The van der Waals surface area contributed by atoms with Crippen LogP contribution in [0.15, 0.2) is 58.1 Å². The van der Waals surface area contributed by atoms with Crippen molar-refractivity contribution in [3.05, 3.63) is 48.5 Å². The van der Waals surface area contributed by atoms with Crippen LogP contribution in [0.2, 0.25) is 0 Å². The van der Waals surface area contributed by atoms with Gasteiger partial charge in [-0.15, -0.1) is 0 Å². The van der Waals surface area contributed by atoms with Gasteiger partial charge in [-0.3, -0.25) is 4.79 Å². The van der Waals surface area contributed by atoms with Crippen molar-refractivity contribution in [1.82, 2.24) is 5.27 Å². The number of aromatic nitrogens is 2. The van der Waals surface area contributed by atoms with Gasteiger partial charge in [0, 0.05) is 30.0 Å². The van der Waals surface area contributed by atoms with E-state index in [1.807, 2.05) is 6.92 Å². The SMILES string of the molecule is CCOc1ccc(NC(=O)CCSc2c([O-])on[n+]2-c2ccc(OC)cc2)cc1. The van der Waals surface area contributed by atoms with Gasteiger partial charge in [-0.05, 0) is 48.0 Å². The highest BCUT2D eigenvalue weighted by molar-refractivity contribution is 7.99. The van der Waals surface area contributed by atoms with E-state index >= 15 is 0 Å². The summed E-state index contributed by atoms with van der Waals surface area (Å²) in [5.74, 6) is 1.15. The minimum atomic E-state index is -0.544. The molecule has 0 aliphatic heterocycles. The summed E-state index contributed by atoms with van der Waals surface area (Å²) in [4.78, 5) is 12.2. The molecular formula is C20H21N3O5S. The molecule has 0 saturated carbocycles. The summed E-state index contributed by atoms with van der Waals surface area (Å²) in [7, 11) is 1.58. The number of amides is 1. The van der Waals surface area contributed by atoms with Gasteiger partial charge in [-0.2, -0.15) is 0 Å². The Morgan fingerprint density at radius 1 is 1.17 bits per heavy atom. The summed E-state index contributed by atoms with van der Waals surface area (Å²) in [6, 6.07) is 14.2. The van der Waals surface area contributed by atoms with Gasteiger partial charge in [0.15, 0.2) is 5.95 Å². The lowest BCUT2D eigenvalue weighted by Gasteiger charge is -2.06. The summed E-state index contributed by atoms with van der Waals surface area (Å²) in [6.45, 7) is 2.50. The lowest BCUT2D eigenvalue weighted by molar-refractivity contribution is -0.705. The van der Waals surface area contributed by atoms with Crippen molar-refractivity contribution < 1.29 is 28.6 Å². The van der Waals surface area contributed by atoms with Crippen molar-refractivity contribution in [2.24, 2.45) is 0 Å². The van der Waals surface area contributed by atoms with E-state index < -0.39 is 5.95 Å². The van der Waals surface area contributed by atoms with E-state index in [0.29, 0.717) is 34.5 Å². The summed E-state index contributed by atoms with van der Waals surface area (Å²) >= 11 is 1.22. The van der Waals surface area contributed by atoms with Crippen molar-refractivity contribution in [2.45, 2.75) is 18.4 Å². The standard InChI is InChI=1S/C20H21N3O5S/c1-3-27-17-8-4-14(5-9-17)21-18(24)12-13-29-19-20(25)28-22-23(19)15-6-10-16(26-2)11-7-15/h4-11H,3,12-13H2,1-2H3,(H-,21,22,24,25). The van der Waals surface area contributed by atoms with E-state index in [1.54, 1.807) is 55.6 Å². The topological polar surface area (TPSA) is 101 Å². The Hall–Kier alpha value is -3.20. The first-order valence-electron chi connectivity index (χ1n) is 8.99. The molecule has 152 valence electrons. The van der Waals surface area contributed by atoms with Crippen molar-refractivity contribution in [3.8, 4) is 23.1 Å². The average molecular weight is 415 g/mol. The molecule has 0 atom stereocenters. The molecule has 9 heteroatoms. The monoisotopic (exact) mass is 415 g/mol. The minimum absolute atomic E-state index is 0.151. The number of ether oxygens (including phenoxy) is 2. The molecule has 3 aromatic rings. The van der Waals surface area contributed by atoms with E-state index in [-0.39, 0.29) is 12.3 Å². The Labute approximate surface area is 172 Å². The molecule has 0 spiro atoms. The number of rotatable bonds is 9. The molecule has 0 aliphatic rings. The van der Waals surface area contributed by atoms with Gasteiger partial charge in [0.25, 0.3) is 5.03 Å². The van der Waals surface area contributed by atoms with Crippen molar-refractivity contribution in [2.75, 3.05) is 24.8 Å². The Balaban J connectivity index is 1.56. The second-order valence-electron chi connectivity index (χ2n) is 5.88. The average Bonchev–Trinajstić information content (AvgIpc) is 3.10. The number of thioether (sulfide) groups is 1. The molecular weight excluding hydrogens is 394 g/mol. The van der Waals surface area contributed by atoms with Gasteiger partial charge in [-0.1, -0.05) is 11.8 Å². The van der Waals surface area contributed by atoms with Crippen molar-refractivity contribution in [3.63, 3.8) is 0 Å². The van der Waals surface area contributed by atoms with E-state index in [2.05, 4.69) is 10.6 Å². The van der Waals surface area contributed by atoms with Crippen LogP contribution in [0.5, 0.6) is 17.4 Å². The van der Waals surface area contributed by atoms with Crippen LogP contribution >= 0.6 is 11.8 Å². The van der Waals surface area contributed by atoms with Gasteiger partial charge in [0.05, 0.1) is 19.0 Å². The van der Waals surface area contributed by atoms with Crippen LogP contribution in [-0.4, -0.2) is 30.6 Å². The zero-order chi connectivity index (χ0) is 20.6. The summed E-state index contributed by atoms with van der Waals surface area (Å²) in [5.41, 5.74) is 1.35. The second kappa shape index (κ2) is 9.83. The van der Waals surface area contributed by atoms with E-state index in [0.717, 1.165) is 5.75 Å². The Morgan fingerprint density at radius 2 is 1.86 bits per heavy atom. The molecule has 8 nitrogen and oxygen atoms in total. The molecule has 1 aromatic heterocycles. The first-order chi connectivity index (χ1) is 14.1. The third kappa shape index (κ3) is 5.41. The van der Waals surface area contributed by atoms with Crippen LogP contribution in [0, 0.1) is 0 Å². The maximum atomic E-state index is 12.2. The smallest absolute Gasteiger partial charge is 0.297 e. The number of benzene rings is 2. The molecule has 1 N–H and O–H groups in total. The highest BCUT2D eigenvalue weighted by atomic mass is 32.2. The third-order valence-electron chi connectivity index (χ3n) is 3.91. The third-order valence-corrected chi connectivity index (χ3v) is 4.93. The number of hydrogen-bond acceptors (Lipinski definition) is 7. The Bertz CT molecular complexity index is 942. The number of methoxy groups -OCH3 is 1. The number of carbonyl (C=O) groups is 1. The normalized spacial score (nSPS) is 10.6. The quantitative estimate of drug-likeness (QED) is 0.423. The lowest BCUT2D eigenvalue weighted by atomic mass is 10.3. The van der Waals surface area contributed by atoms with Gasteiger partial charge in [-0.25, -0.2) is 0 Å². The fraction of sp³-hybridized carbons (Fsp3) is 0.250. The molecule has 0 radical (unpaired) electrons. The maximum absolute atomic E-state index is 12.2. The molecule has 0 fully saturated rings. The van der Waals surface area contributed by atoms with Gasteiger partial charge >= 0.3 is 0 Å². The zero-order valence-electron chi connectivity index (χ0n) is 16.1. The number of nitrogens with zero attached hydrogens (tertiary/aromatic N) is 2. The van der Waals surface area contributed by atoms with Crippen LogP contribution in [0.4, 0.5) is 5.69 Å². The maximum Gasteiger partial charge on any atom is 0.297 e. The van der Waals surface area contributed by atoms with Gasteiger partial charge in [0.1, 0.15) is 11.5 Å². The molecule has 0 saturated heterocycles. The summed E-state index contributed by atoms with van der Waals surface area (Å²) in [5, 5.41) is 18.9. The first-order valence-corrected chi connectivity index (χ1v) is 9.98. The second-order valence-corrected chi connectivity index (χ2v) is 6.96. The summed E-state index contributed by atoms with van der Waals surface area (Å²) < 4.78 is 16.7. The van der Waals surface area contributed by atoms with Crippen molar-refractivity contribution in [1.29, 1.82) is 0 Å². The summed E-state index contributed by atoms with van der Waals surface area (Å²) in [6.07, 6.45) is 0.227. The van der Waals surface area contributed by atoms with Crippen LogP contribution in [0.1, 0.15) is 13.3 Å². The molecule has 0 unspecified atom stereocenters. The number of anilines is 1. The molecule has 0 bridgehead atoms. The molecule has 1 heterocycles. The largest absolute Gasteiger partial charge is 0.538 e. The molecule has 2 aromatic carbocycles. The number of hydrogen-bond donors (Lipinski definition) is 1. The zero-order valence-corrected chi connectivity index (χ0v) is 16.9. The highest BCUT2D eigenvalue weighted by Gasteiger charge is 2.21. The van der Waals surface area contributed by atoms with Crippen LogP contribution in [-0.2, 0) is 4.79 Å². The van der Waals surface area contributed by atoms with E-state index in [9.17, 15) is 9.90 Å². The van der Waals surface area contributed by atoms with Crippen molar-refractivity contribution >= 4 is 23.4 Å². The van der Waals surface area contributed by atoms with E-state index in [1.165, 1.54) is 16.4 Å².